The molecule has 0 aromatic heterocycles. The third kappa shape index (κ3) is 8.01. The highest BCUT2D eigenvalue weighted by atomic mass is 16.5. The molecular formula is C10H21NO3. The fraction of sp³-hybridized carbons (Fsp3) is 0.900. The summed E-state index contributed by atoms with van der Waals surface area (Å²) in [4.78, 5) is 10.9. The first-order valence-electron chi connectivity index (χ1n) is 5.08. The van der Waals surface area contributed by atoms with Crippen molar-refractivity contribution < 1.29 is 14.3 Å². The first-order chi connectivity index (χ1) is 6.70. The highest BCUT2D eigenvalue weighted by Crippen LogP contribution is 1.92. The summed E-state index contributed by atoms with van der Waals surface area (Å²) in [6.07, 6.45) is 1.30. The minimum atomic E-state index is -0.117. The van der Waals surface area contributed by atoms with Gasteiger partial charge in [-0.2, -0.15) is 0 Å². The molecule has 0 aromatic rings. The van der Waals surface area contributed by atoms with Gasteiger partial charge in [0.05, 0.1) is 13.2 Å². The van der Waals surface area contributed by atoms with Crippen molar-refractivity contribution >= 4 is 5.97 Å². The van der Waals surface area contributed by atoms with Crippen LogP contribution < -0.4 is 5.32 Å². The Morgan fingerprint density at radius 2 is 2.21 bits per heavy atom. The van der Waals surface area contributed by atoms with Crippen molar-refractivity contribution in [3.05, 3.63) is 0 Å². The molecule has 0 aromatic carbocycles. The summed E-state index contributed by atoms with van der Waals surface area (Å²) in [5.41, 5.74) is 0. The van der Waals surface area contributed by atoms with E-state index in [0.29, 0.717) is 25.7 Å². The molecule has 4 nitrogen and oxygen atoms in total. The summed E-state index contributed by atoms with van der Waals surface area (Å²) in [7, 11) is 1.68. The first-order valence-corrected chi connectivity index (χ1v) is 5.08. The van der Waals surface area contributed by atoms with Gasteiger partial charge in [0.15, 0.2) is 0 Å². The summed E-state index contributed by atoms with van der Waals surface area (Å²) in [5.74, 6) is -0.117. The molecule has 1 atom stereocenters. The van der Waals surface area contributed by atoms with Crippen LogP contribution in [0.5, 0.6) is 0 Å². The molecule has 0 bridgehead atoms. The van der Waals surface area contributed by atoms with Crippen molar-refractivity contribution in [1.82, 2.24) is 5.32 Å². The van der Waals surface area contributed by atoms with Crippen LogP contribution in [0.3, 0.4) is 0 Å². The van der Waals surface area contributed by atoms with Crippen LogP contribution in [0.25, 0.3) is 0 Å². The molecule has 0 aliphatic rings. The van der Waals surface area contributed by atoms with Crippen LogP contribution in [0.2, 0.25) is 0 Å². The molecule has 1 N–H and O–H groups in total. The minimum Gasteiger partial charge on any atom is -0.466 e. The van der Waals surface area contributed by atoms with Gasteiger partial charge in [-0.3, -0.25) is 4.79 Å². The average Bonchev–Trinajstić information content (AvgIpc) is 2.13. The highest BCUT2D eigenvalue weighted by Gasteiger charge is 2.02. The number of methoxy groups -OCH3 is 1. The van der Waals surface area contributed by atoms with Gasteiger partial charge in [0.1, 0.15) is 0 Å². The van der Waals surface area contributed by atoms with E-state index < -0.39 is 0 Å². The molecule has 0 fully saturated rings. The Morgan fingerprint density at radius 1 is 1.50 bits per heavy atom. The Bertz CT molecular complexity index is 150. The van der Waals surface area contributed by atoms with Crippen LogP contribution in [-0.4, -0.2) is 38.9 Å². The van der Waals surface area contributed by atoms with Crippen molar-refractivity contribution in [3.8, 4) is 0 Å². The van der Waals surface area contributed by atoms with E-state index in [1.165, 1.54) is 0 Å². The molecule has 1 unspecified atom stereocenters. The Labute approximate surface area is 86.0 Å². The maximum Gasteiger partial charge on any atom is 0.305 e. The number of rotatable bonds is 8. The second kappa shape index (κ2) is 8.97. The molecule has 0 aliphatic carbocycles. The number of esters is 1. The van der Waals surface area contributed by atoms with Crippen LogP contribution in [0, 0.1) is 0 Å². The number of carbonyl (C=O) groups excluding carboxylic acids is 1. The summed E-state index contributed by atoms with van der Waals surface area (Å²) >= 11 is 0. The fourth-order valence-electron chi connectivity index (χ4n) is 1.12. The van der Waals surface area contributed by atoms with Gasteiger partial charge >= 0.3 is 5.97 Å². The molecule has 0 radical (unpaired) electrons. The molecule has 0 aliphatic heterocycles. The van der Waals surface area contributed by atoms with E-state index in [2.05, 4.69) is 5.32 Å². The van der Waals surface area contributed by atoms with E-state index in [1.807, 2.05) is 13.8 Å². The smallest absolute Gasteiger partial charge is 0.305 e. The third-order valence-corrected chi connectivity index (χ3v) is 1.77. The molecule has 0 saturated heterocycles. The maximum absolute atomic E-state index is 10.9. The zero-order valence-corrected chi connectivity index (χ0v) is 9.34. The normalized spacial score (nSPS) is 12.5. The zero-order valence-electron chi connectivity index (χ0n) is 9.34. The van der Waals surface area contributed by atoms with E-state index >= 15 is 0 Å². The Kier molecular flexibility index (Phi) is 8.57. The van der Waals surface area contributed by atoms with Gasteiger partial charge in [0.2, 0.25) is 0 Å². The van der Waals surface area contributed by atoms with Gasteiger partial charge in [0.25, 0.3) is 0 Å². The van der Waals surface area contributed by atoms with Gasteiger partial charge in [0, 0.05) is 19.6 Å². The molecule has 84 valence electrons. The lowest BCUT2D eigenvalue weighted by Crippen LogP contribution is -2.31. The largest absolute Gasteiger partial charge is 0.466 e. The van der Waals surface area contributed by atoms with Gasteiger partial charge in [-0.15, -0.1) is 0 Å². The molecule has 0 saturated carbocycles. The standard InChI is InChI=1S/C10H21NO3/c1-4-14-10(12)6-5-7-11-9(2)8-13-3/h9,11H,4-8H2,1-3H3. The summed E-state index contributed by atoms with van der Waals surface area (Å²) in [5, 5.41) is 3.25. The number of ether oxygens (including phenoxy) is 2. The molecule has 0 rings (SSSR count). The lowest BCUT2D eigenvalue weighted by molar-refractivity contribution is -0.143. The van der Waals surface area contributed by atoms with E-state index in [-0.39, 0.29) is 5.97 Å². The summed E-state index contributed by atoms with van der Waals surface area (Å²) < 4.78 is 9.77. The van der Waals surface area contributed by atoms with Crippen molar-refractivity contribution in [1.29, 1.82) is 0 Å². The number of hydrogen-bond donors (Lipinski definition) is 1. The van der Waals surface area contributed by atoms with Crippen LogP contribution in [-0.2, 0) is 14.3 Å². The lowest BCUT2D eigenvalue weighted by Gasteiger charge is -2.11. The van der Waals surface area contributed by atoms with Gasteiger partial charge in [-0.1, -0.05) is 0 Å². The number of nitrogens with one attached hydrogen (secondary N) is 1. The van der Waals surface area contributed by atoms with E-state index in [1.54, 1.807) is 7.11 Å². The Morgan fingerprint density at radius 3 is 2.79 bits per heavy atom. The van der Waals surface area contributed by atoms with Gasteiger partial charge in [-0.25, -0.2) is 0 Å². The average molecular weight is 203 g/mol. The second-order valence-corrected chi connectivity index (χ2v) is 3.22. The van der Waals surface area contributed by atoms with Gasteiger partial charge < -0.3 is 14.8 Å². The number of hydrogen-bond acceptors (Lipinski definition) is 4. The molecule has 14 heavy (non-hydrogen) atoms. The fourth-order valence-corrected chi connectivity index (χ4v) is 1.12. The monoisotopic (exact) mass is 203 g/mol. The minimum absolute atomic E-state index is 0.117. The van der Waals surface area contributed by atoms with Gasteiger partial charge in [-0.05, 0) is 26.8 Å². The topological polar surface area (TPSA) is 47.6 Å². The Hall–Kier alpha value is -0.610. The van der Waals surface area contributed by atoms with E-state index in [9.17, 15) is 4.79 Å². The first kappa shape index (κ1) is 13.4. The lowest BCUT2D eigenvalue weighted by atomic mass is 10.3. The summed E-state index contributed by atoms with van der Waals surface area (Å²) in [6, 6.07) is 0.335. The predicted octanol–water partition coefficient (Wildman–Crippen LogP) is 0.954. The molecule has 0 amide bonds. The van der Waals surface area contributed by atoms with E-state index in [0.717, 1.165) is 13.0 Å². The Balaban J connectivity index is 3.24. The second-order valence-electron chi connectivity index (χ2n) is 3.22. The summed E-state index contributed by atoms with van der Waals surface area (Å²) in [6.45, 7) is 5.85. The quantitative estimate of drug-likeness (QED) is 0.471. The van der Waals surface area contributed by atoms with Crippen LogP contribution in [0.15, 0.2) is 0 Å². The third-order valence-electron chi connectivity index (χ3n) is 1.77. The molecule has 0 heterocycles. The van der Waals surface area contributed by atoms with Crippen LogP contribution in [0.4, 0.5) is 0 Å². The van der Waals surface area contributed by atoms with Crippen LogP contribution >= 0.6 is 0 Å². The number of carbonyl (C=O) groups is 1. The predicted molar refractivity (Wildman–Crippen MR) is 55.2 cm³/mol. The SMILES string of the molecule is CCOC(=O)CCCNC(C)COC. The van der Waals surface area contributed by atoms with Crippen molar-refractivity contribution in [2.75, 3.05) is 26.9 Å². The van der Waals surface area contributed by atoms with Crippen molar-refractivity contribution in [2.24, 2.45) is 0 Å². The van der Waals surface area contributed by atoms with Crippen molar-refractivity contribution in [3.63, 3.8) is 0 Å². The van der Waals surface area contributed by atoms with E-state index in [4.69, 9.17) is 9.47 Å². The van der Waals surface area contributed by atoms with Crippen molar-refractivity contribution in [2.45, 2.75) is 32.7 Å². The molecular weight excluding hydrogens is 182 g/mol. The zero-order chi connectivity index (χ0) is 10.8. The van der Waals surface area contributed by atoms with Crippen LogP contribution in [0.1, 0.15) is 26.7 Å². The maximum atomic E-state index is 10.9. The molecule has 4 heteroatoms. The highest BCUT2D eigenvalue weighted by molar-refractivity contribution is 5.69. The molecule has 0 spiro atoms.